The van der Waals surface area contributed by atoms with Crippen molar-refractivity contribution in [2.24, 2.45) is 0 Å². The lowest BCUT2D eigenvalue weighted by Gasteiger charge is -2.03. The van der Waals surface area contributed by atoms with Crippen molar-refractivity contribution in [2.75, 3.05) is 5.73 Å². The molecule has 0 bridgehead atoms. The standard InChI is InChI=1S/C12H10N2O2/c13-11-8-10(6-7-12(11)14(15)16)9-4-2-1-3-5-9/h1-8H,13H2. The van der Waals surface area contributed by atoms with Gasteiger partial charge < -0.3 is 5.73 Å². The van der Waals surface area contributed by atoms with E-state index in [1.54, 1.807) is 12.1 Å². The Labute approximate surface area is 92.5 Å². The quantitative estimate of drug-likeness (QED) is 0.474. The van der Waals surface area contributed by atoms with Crippen LogP contribution in [0.3, 0.4) is 0 Å². The van der Waals surface area contributed by atoms with Crippen LogP contribution in [0.2, 0.25) is 0 Å². The second kappa shape index (κ2) is 4.02. The minimum atomic E-state index is -0.482. The zero-order chi connectivity index (χ0) is 11.5. The second-order valence-corrected chi connectivity index (χ2v) is 3.40. The van der Waals surface area contributed by atoms with Gasteiger partial charge in [-0.1, -0.05) is 30.3 Å². The Morgan fingerprint density at radius 1 is 1.00 bits per heavy atom. The molecule has 0 heterocycles. The van der Waals surface area contributed by atoms with E-state index in [0.717, 1.165) is 11.1 Å². The van der Waals surface area contributed by atoms with Gasteiger partial charge in [0.25, 0.3) is 5.69 Å². The molecule has 80 valence electrons. The van der Waals surface area contributed by atoms with Crippen LogP contribution in [-0.4, -0.2) is 4.92 Å². The maximum Gasteiger partial charge on any atom is 0.292 e. The summed E-state index contributed by atoms with van der Waals surface area (Å²) in [5, 5.41) is 10.6. The molecule has 0 spiro atoms. The molecule has 0 atom stereocenters. The molecule has 4 nitrogen and oxygen atoms in total. The average Bonchev–Trinajstić information content (AvgIpc) is 2.29. The maximum absolute atomic E-state index is 10.6. The van der Waals surface area contributed by atoms with E-state index in [2.05, 4.69) is 0 Å². The first-order valence-electron chi connectivity index (χ1n) is 4.78. The predicted molar refractivity (Wildman–Crippen MR) is 62.9 cm³/mol. The van der Waals surface area contributed by atoms with E-state index < -0.39 is 4.92 Å². The third-order valence-corrected chi connectivity index (χ3v) is 2.33. The molecular formula is C12H10N2O2. The Hall–Kier alpha value is -2.36. The number of hydrogen-bond donors (Lipinski definition) is 1. The molecule has 0 unspecified atom stereocenters. The molecule has 0 saturated carbocycles. The first-order chi connectivity index (χ1) is 7.68. The normalized spacial score (nSPS) is 10.0. The highest BCUT2D eigenvalue weighted by Gasteiger charge is 2.11. The number of benzene rings is 2. The molecule has 0 amide bonds. The molecule has 0 fully saturated rings. The van der Waals surface area contributed by atoms with Gasteiger partial charge in [0.15, 0.2) is 0 Å². The number of rotatable bonds is 2. The Morgan fingerprint density at radius 3 is 2.25 bits per heavy atom. The summed E-state index contributed by atoms with van der Waals surface area (Å²) in [6, 6.07) is 14.3. The van der Waals surface area contributed by atoms with Gasteiger partial charge in [-0.05, 0) is 23.3 Å². The van der Waals surface area contributed by atoms with Gasteiger partial charge in [0.05, 0.1) is 4.92 Å². The van der Waals surface area contributed by atoms with Crippen molar-refractivity contribution in [3.63, 3.8) is 0 Å². The van der Waals surface area contributed by atoms with Crippen LogP contribution in [0.5, 0.6) is 0 Å². The van der Waals surface area contributed by atoms with Gasteiger partial charge in [-0.2, -0.15) is 0 Å². The largest absolute Gasteiger partial charge is 0.393 e. The van der Waals surface area contributed by atoms with E-state index in [-0.39, 0.29) is 11.4 Å². The number of hydrogen-bond acceptors (Lipinski definition) is 3. The number of nitro benzene ring substituents is 1. The van der Waals surface area contributed by atoms with Crippen LogP contribution in [0.4, 0.5) is 11.4 Å². The average molecular weight is 214 g/mol. The number of nitrogens with two attached hydrogens (primary N) is 1. The van der Waals surface area contributed by atoms with Crippen LogP contribution >= 0.6 is 0 Å². The van der Waals surface area contributed by atoms with Crippen LogP contribution in [0, 0.1) is 10.1 Å². The lowest BCUT2D eigenvalue weighted by atomic mass is 10.0. The van der Waals surface area contributed by atoms with E-state index in [9.17, 15) is 10.1 Å². The van der Waals surface area contributed by atoms with E-state index in [1.165, 1.54) is 6.07 Å². The Bertz CT molecular complexity index is 524. The van der Waals surface area contributed by atoms with Crippen LogP contribution < -0.4 is 5.73 Å². The fraction of sp³-hybridized carbons (Fsp3) is 0. The topological polar surface area (TPSA) is 69.2 Å². The number of nitrogen functional groups attached to an aromatic ring is 1. The lowest BCUT2D eigenvalue weighted by molar-refractivity contribution is -0.383. The maximum atomic E-state index is 10.6. The number of anilines is 1. The minimum absolute atomic E-state index is 0.0559. The summed E-state index contributed by atoms with van der Waals surface area (Å²) < 4.78 is 0. The van der Waals surface area contributed by atoms with Gasteiger partial charge in [0, 0.05) is 6.07 Å². The fourth-order valence-corrected chi connectivity index (χ4v) is 1.53. The van der Waals surface area contributed by atoms with Crippen molar-refractivity contribution >= 4 is 11.4 Å². The summed E-state index contributed by atoms with van der Waals surface area (Å²) in [5.41, 5.74) is 7.62. The predicted octanol–water partition coefficient (Wildman–Crippen LogP) is 2.84. The Morgan fingerprint density at radius 2 is 1.69 bits per heavy atom. The van der Waals surface area contributed by atoms with Crippen molar-refractivity contribution in [1.82, 2.24) is 0 Å². The summed E-state index contributed by atoms with van der Waals surface area (Å²) in [5.74, 6) is 0. The monoisotopic (exact) mass is 214 g/mol. The third kappa shape index (κ3) is 1.86. The van der Waals surface area contributed by atoms with Crippen molar-refractivity contribution in [1.29, 1.82) is 0 Å². The zero-order valence-corrected chi connectivity index (χ0v) is 8.46. The van der Waals surface area contributed by atoms with Crippen molar-refractivity contribution < 1.29 is 4.92 Å². The Balaban J connectivity index is 2.46. The van der Waals surface area contributed by atoms with E-state index in [4.69, 9.17) is 5.73 Å². The van der Waals surface area contributed by atoms with Gasteiger partial charge >= 0.3 is 0 Å². The van der Waals surface area contributed by atoms with Crippen LogP contribution in [0.15, 0.2) is 48.5 Å². The summed E-state index contributed by atoms with van der Waals surface area (Å²) >= 11 is 0. The molecule has 0 radical (unpaired) electrons. The molecule has 0 aliphatic carbocycles. The van der Waals surface area contributed by atoms with Gasteiger partial charge in [0.1, 0.15) is 5.69 Å². The van der Waals surface area contributed by atoms with E-state index in [0.29, 0.717) is 0 Å². The Kier molecular flexibility index (Phi) is 2.55. The van der Waals surface area contributed by atoms with Crippen LogP contribution in [-0.2, 0) is 0 Å². The minimum Gasteiger partial charge on any atom is -0.393 e. The summed E-state index contributed by atoms with van der Waals surface area (Å²) in [7, 11) is 0. The SMILES string of the molecule is Nc1cc(-c2ccccc2)ccc1[N+](=O)[O-]. The smallest absolute Gasteiger partial charge is 0.292 e. The molecule has 2 N–H and O–H groups in total. The molecule has 0 aliphatic heterocycles. The van der Waals surface area contributed by atoms with E-state index >= 15 is 0 Å². The fourth-order valence-electron chi connectivity index (χ4n) is 1.53. The molecule has 0 saturated heterocycles. The first kappa shape index (κ1) is 10.2. The van der Waals surface area contributed by atoms with Crippen molar-refractivity contribution in [3.8, 4) is 11.1 Å². The molecule has 2 rings (SSSR count). The first-order valence-corrected chi connectivity index (χ1v) is 4.78. The highest BCUT2D eigenvalue weighted by molar-refractivity contribution is 5.72. The van der Waals surface area contributed by atoms with E-state index in [1.807, 2.05) is 30.3 Å². The van der Waals surface area contributed by atoms with Gasteiger partial charge in [-0.15, -0.1) is 0 Å². The number of nitro groups is 1. The van der Waals surface area contributed by atoms with Gasteiger partial charge in [-0.25, -0.2) is 0 Å². The van der Waals surface area contributed by atoms with Crippen LogP contribution in [0.1, 0.15) is 0 Å². The highest BCUT2D eigenvalue weighted by Crippen LogP contribution is 2.27. The summed E-state index contributed by atoms with van der Waals surface area (Å²) in [6.45, 7) is 0. The zero-order valence-electron chi connectivity index (χ0n) is 8.46. The van der Waals surface area contributed by atoms with Gasteiger partial charge in [0.2, 0.25) is 0 Å². The molecule has 4 heteroatoms. The molecule has 2 aromatic rings. The molecule has 2 aromatic carbocycles. The second-order valence-electron chi connectivity index (χ2n) is 3.40. The molecular weight excluding hydrogens is 204 g/mol. The van der Waals surface area contributed by atoms with Crippen molar-refractivity contribution in [2.45, 2.75) is 0 Å². The highest BCUT2D eigenvalue weighted by atomic mass is 16.6. The third-order valence-electron chi connectivity index (χ3n) is 2.33. The lowest BCUT2D eigenvalue weighted by Crippen LogP contribution is -1.95. The van der Waals surface area contributed by atoms with Crippen molar-refractivity contribution in [3.05, 3.63) is 58.6 Å². The molecule has 0 aliphatic rings. The molecule has 0 aromatic heterocycles. The van der Waals surface area contributed by atoms with Crippen LogP contribution in [0.25, 0.3) is 11.1 Å². The number of nitrogens with zero attached hydrogens (tertiary/aromatic N) is 1. The summed E-state index contributed by atoms with van der Waals surface area (Å²) in [4.78, 5) is 10.1. The van der Waals surface area contributed by atoms with Gasteiger partial charge in [-0.3, -0.25) is 10.1 Å². The molecule has 16 heavy (non-hydrogen) atoms. The summed E-state index contributed by atoms with van der Waals surface area (Å²) in [6.07, 6.45) is 0.